The number of likely N-dealkylation sites (tertiary alicyclic amines) is 1. The van der Waals surface area contributed by atoms with Gasteiger partial charge in [-0.3, -0.25) is 14.4 Å². The summed E-state index contributed by atoms with van der Waals surface area (Å²) in [4.78, 5) is 37.1. The fraction of sp³-hybridized carbons (Fsp3) is 0.550. The van der Waals surface area contributed by atoms with E-state index in [4.69, 9.17) is 9.84 Å². The van der Waals surface area contributed by atoms with Crippen molar-refractivity contribution >= 4 is 23.5 Å². The molecule has 1 aliphatic heterocycles. The number of benzene rings is 1. The molecule has 2 fully saturated rings. The molecule has 7 heteroatoms. The number of amides is 2. The molecule has 7 nitrogen and oxygen atoms in total. The summed E-state index contributed by atoms with van der Waals surface area (Å²) in [6.45, 7) is 0.847. The van der Waals surface area contributed by atoms with Crippen LogP contribution in [0.2, 0.25) is 0 Å². The minimum absolute atomic E-state index is 0.0755. The number of hydrogen-bond acceptors (Lipinski definition) is 4. The zero-order valence-electron chi connectivity index (χ0n) is 15.4. The van der Waals surface area contributed by atoms with Crippen molar-refractivity contribution in [3.05, 3.63) is 24.3 Å². The lowest BCUT2D eigenvalue weighted by Gasteiger charge is -2.23. The molecule has 0 aromatic heterocycles. The highest BCUT2D eigenvalue weighted by Crippen LogP contribution is 2.30. The van der Waals surface area contributed by atoms with Gasteiger partial charge in [-0.25, -0.2) is 0 Å². The molecule has 2 amide bonds. The van der Waals surface area contributed by atoms with Crippen molar-refractivity contribution in [3.8, 4) is 5.75 Å². The van der Waals surface area contributed by atoms with Gasteiger partial charge in [0.25, 0.3) is 0 Å². The zero-order chi connectivity index (χ0) is 19.2. The third kappa shape index (κ3) is 5.21. The summed E-state index contributed by atoms with van der Waals surface area (Å²) in [6, 6.07) is 7.28. The lowest BCUT2D eigenvalue weighted by molar-refractivity contribution is -0.137. The Balaban J connectivity index is 1.46. The van der Waals surface area contributed by atoms with E-state index < -0.39 is 5.97 Å². The first-order valence-corrected chi connectivity index (χ1v) is 9.58. The van der Waals surface area contributed by atoms with E-state index in [0.29, 0.717) is 37.1 Å². The minimum atomic E-state index is -0.839. The molecule has 1 unspecified atom stereocenters. The van der Waals surface area contributed by atoms with Gasteiger partial charge in [0.15, 0.2) is 0 Å². The van der Waals surface area contributed by atoms with E-state index in [-0.39, 0.29) is 30.6 Å². The quantitative estimate of drug-likeness (QED) is 0.682. The monoisotopic (exact) mass is 374 g/mol. The van der Waals surface area contributed by atoms with Crippen LogP contribution in [0.1, 0.15) is 44.9 Å². The number of carboxylic acids is 1. The molecule has 1 heterocycles. The van der Waals surface area contributed by atoms with E-state index in [9.17, 15) is 14.4 Å². The normalized spacial score (nSPS) is 20.1. The molecular formula is C20H26N2O5. The molecule has 3 rings (SSSR count). The first-order chi connectivity index (χ1) is 13.0. The van der Waals surface area contributed by atoms with Gasteiger partial charge in [0.1, 0.15) is 5.75 Å². The number of hydrogen-bond donors (Lipinski definition) is 2. The van der Waals surface area contributed by atoms with Gasteiger partial charge in [-0.1, -0.05) is 12.8 Å². The molecule has 0 spiro atoms. The van der Waals surface area contributed by atoms with Crippen molar-refractivity contribution in [2.24, 2.45) is 5.92 Å². The average molecular weight is 374 g/mol. The third-order valence-corrected chi connectivity index (χ3v) is 5.22. The van der Waals surface area contributed by atoms with Gasteiger partial charge in [0.05, 0.1) is 12.5 Å². The van der Waals surface area contributed by atoms with E-state index in [2.05, 4.69) is 5.32 Å². The smallest absolute Gasteiger partial charge is 0.303 e. The predicted octanol–water partition coefficient (Wildman–Crippen LogP) is 2.66. The van der Waals surface area contributed by atoms with Crippen molar-refractivity contribution in [2.45, 2.75) is 51.0 Å². The molecule has 2 N–H and O–H groups in total. The van der Waals surface area contributed by atoms with Gasteiger partial charge in [0.2, 0.25) is 11.8 Å². The van der Waals surface area contributed by atoms with Gasteiger partial charge in [0, 0.05) is 31.1 Å². The number of carboxylic acid groups (broad SMARTS) is 1. The van der Waals surface area contributed by atoms with Gasteiger partial charge in [-0.05, 0) is 43.5 Å². The Morgan fingerprint density at radius 3 is 2.56 bits per heavy atom. The van der Waals surface area contributed by atoms with Gasteiger partial charge >= 0.3 is 5.97 Å². The maximum Gasteiger partial charge on any atom is 0.303 e. The molecule has 1 aliphatic carbocycles. The Kier molecular flexibility index (Phi) is 6.32. The Labute approximate surface area is 158 Å². The molecule has 1 saturated heterocycles. The SMILES string of the molecule is O=C(O)CCCOc1ccc(NC(=O)C2CC(=O)N(C3CCCC3)C2)cc1. The van der Waals surface area contributed by atoms with Gasteiger partial charge < -0.3 is 20.1 Å². The molecule has 1 aromatic carbocycles. The second kappa shape index (κ2) is 8.88. The Morgan fingerprint density at radius 2 is 1.89 bits per heavy atom. The Morgan fingerprint density at radius 1 is 1.19 bits per heavy atom. The van der Waals surface area contributed by atoms with E-state index in [0.717, 1.165) is 25.7 Å². The standard InChI is InChI=1S/C20H26N2O5/c23-18-12-14(13-22(18)16-4-1-2-5-16)20(26)21-15-7-9-17(10-8-15)27-11-3-6-19(24)25/h7-10,14,16H,1-6,11-13H2,(H,21,26)(H,24,25). The van der Waals surface area contributed by atoms with E-state index in [1.54, 1.807) is 24.3 Å². The molecule has 1 aromatic rings. The minimum Gasteiger partial charge on any atom is -0.494 e. The van der Waals surface area contributed by atoms with Crippen LogP contribution in [0, 0.1) is 5.92 Å². The third-order valence-electron chi connectivity index (χ3n) is 5.22. The van der Waals surface area contributed by atoms with E-state index in [1.165, 1.54) is 0 Å². The maximum absolute atomic E-state index is 12.5. The number of nitrogens with zero attached hydrogens (tertiary/aromatic N) is 1. The second-order valence-corrected chi connectivity index (χ2v) is 7.24. The number of aliphatic carboxylic acids is 1. The maximum atomic E-state index is 12.5. The number of nitrogens with one attached hydrogen (secondary N) is 1. The van der Waals surface area contributed by atoms with Crippen LogP contribution in [0.3, 0.4) is 0 Å². The molecule has 0 bridgehead atoms. The van der Waals surface area contributed by atoms with Crippen molar-refractivity contribution in [2.75, 3.05) is 18.5 Å². The van der Waals surface area contributed by atoms with Gasteiger partial charge in [-0.2, -0.15) is 0 Å². The number of rotatable bonds is 8. The van der Waals surface area contributed by atoms with Crippen LogP contribution in [0.25, 0.3) is 0 Å². The van der Waals surface area contributed by atoms with E-state index in [1.807, 2.05) is 4.90 Å². The van der Waals surface area contributed by atoms with Crippen molar-refractivity contribution in [1.82, 2.24) is 4.90 Å². The number of carbonyl (C=O) groups is 3. The van der Waals surface area contributed by atoms with Crippen molar-refractivity contribution < 1.29 is 24.2 Å². The van der Waals surface area contributed by atoms with Crippen LogP contribution in [0.5, 0.6) is 5.75 Å². The highest BCUT2D eigenvalue weighted by atomic mass is 16.5. The molecule has 1 saturated carbocycles. The average Bonchev–Trinajstić information content (AvgIpc) is 3.29. The summed E-state index contributed by atoms with van der Waals surface area (Å²) >= 11 is 0. The van der Waals surface area contributed by atoms with Crippen LogP contribution in [0.4, 0.5) is 5.69 Å². The number of carbonyl (C=O) groups excluding carboxylic acids is 2. The topological polar surface area (TPSA) is 95.9 Å². The zero-order valence-corrected chi connectivity index (χ0v) is 15.4. The summed E-state index contributed by atoms with van der Waals surface area (Å²) in [7, 11) is 0. The Hall–Kier alpha value is -2.57. The van der Waals surface area contributed by atoms with Crippen LogP contribution in [-0.4, -0.2) is 47.0 Å². The summed E-state index contributed by atoms with van der Waals surface area (Å²) in [6.07, 6.45) is 5.23. The molecule has 146 valence electrons. The molecule has 2 aliphatic rings. The van der Waals surface area contributed by atoms with Gasteiger partial charge in [-0.15, -0.1) is 0 Å². The summed E-state index contributed by atoms with van der Waals surface area (Å²) in [5.74, 6) is -0.549. The molecule has 27 heavy (non-hydrogen) atoms. The van der Waals surface area contributed by atoms with Crippen LogP contribution in [-0.2, 0) is 14.4 Å². The number of anilines is 1. The van der Waals surface area contributed by atoms with Crippen molar-refractivity contribution in [1.29, 1.82) is 0 Å². The number of ether oxygens (including phenoxy) is 1. The van der Waals surface area contributed by atoms with Crippen LogP contribution in [0.15, 0.2) is 24.3 Å². The summed E-state index contributed by atoms with van der Waals surface area (Å²) < 4.78 is 5.47. The molecular weight excluding hydrogens is 348 g/mol. The highest BCUT2D eigenvalue weighted by molar-refractivity contribution is 5.97. The van der Waals surface area contributed by atoms with Crippen LogP contribution < -0.4 is 10.1 Å². The summed E-state index contributed by atoms with van der Waals surface area (Å²) in [5, 5.41) is 11.5. The fourth-order valence-corrected chi connectivity index (χ4v) is 3.77. The lowest BCUT2D eigenvalue weighted by Crippen LogP contribution is -2.35. The Bertz CT molecular complexity index is 682. The van der Waals surface area contributed by atoms with Crippen LogP contribution >= 0.6 is 0 Å². The van der Waals surface area contributed by atoms with Crippen molar-refractivity contribution in [3.63, 3.8) is 0 Å². The highest BCUT2D eigenvalue weighted by Gasteiger charge is 2.38. The largest absolute Gasteiger partial charge is 0.494 e. The fourth-order valence-electron chi connectivity index (χ4n) is 3.77. The summed E-state index contributed by atoms with van der Waals surface area (Å²) in [5.41, 5.74) is 0.657. The predicted molar refractivity (Wildman–Crippen MR) is 99.5 cm³/mol. The lowest BCUT2D eigenvalue weighted by atomic mass is 10.1. The molecule has 1 atom stereocenters. The second-order valence-electron chi connectivity index (χ2n) is 7.24. The molecule has 0 radical (unpaired) electrons. The van der Waals surface area contributed by atoms with E-state index >= 15 is 0 Å². The first kappa shape index (κ1) is 19.2. The first-order valence-electron chi connectivity index (χ1n) is 9.58.